The molecule has 0 aromatic heterocycles. The Labute approximate surface area is 119 Å². The first kappa shape index (κ1) is 15.6. The molecule has 0 fully saturated rings. The molecular weight excluding hydrogens is 244 g/mol. The molecule has 0 amide bonds. The van der Waals surface area contributed by atoms with Crippen LogP contribution in [0.5, 0.6) is 0 Å². The van der Waals surface area contributed by atoms with Gasteiger partial charge in [0.05, 0.1) is 0 Å². The Kier molecular flexibility index (Phi) is 6.47. The highest BCUT2D eigenvalue weighted by atomic mass is 28.3. The number of rotatable bonds is 3. The molecule has 0 radical (unpaired) electrons. The highest BCUT2D eigenvalue weighted by molar-refractivity contribution is 6.83. The van der Waals surface area contributed by atoms with Gasteiger partial charge in [-0.3, -0.25) is 0 Å². The number of hydrogen-bond donors (Lipinski definition) is 0. The Morgan fingerprint density at radius 3 is 2.32 bits per heavy atom. The Bertz CT molecular complexity index is 486. The third-order valence-corrected chi connectivity index (χ3v) is 3.52. The molecule has 1 rings (SSSR count). The molecule has 1 aromatic rings. The Morgan fingerprint density at radius 2 is 1.74 bits per heavy atom. The first-order valence-electron chi connectivity index (χ1n) is 7.09. The molecule has 0 bridgehead atoms. The van der Waals surface area contributed by atoms with Crippen molar-refractivity contribution < 1.29 is 0 Å². The van der Waals surface area contributed by atoms with Crippen molar-refractivity contribution in [3.63, 3.8) is 0 Å². The van der Waals surface area contributed by atoms with Crippen molar-refractivity contribution in [1.29, 1.82) is 0 Å². The average Bonchev–Trinajstić information content (AvgIpc) is 2.38. The van der Waals surface area contributed by atoms with Crippen LogP contribution in [0.25, 0.3) is 0 Å². The van der Waals surface area contributed by atoms with Crippen LogP contribution in [0.15, 0.2) is 30.3 Å². The van der Waals surface area contributed by atoms with Gasteiger partial charge in [0.15, 0.2) is 0 Å². The second-order valence-electron chi connectivity index (χ2n) is 5.79. The third-order valence-electron chi connectivity index (χ3n) is 2.63. The standard InChI is InChI=1S/C18H24Si/c1-5-6-7-9-14-18(15-16-19(2,3)4)17-12-10-8-11-13-17/h8,10-13,18H,5-7H2,1-4H3. The van der Waals surface area contributed by atoms with Crippen molar-refractivity contribution in [3.8, 4) is 23.3 Å². The summed E-state index contributed by atoms with van der Waals surface area (Å²) in [6.45, 7) is 9.01. The normalized spacial score (nSPS) is 11.8. The van der Waals surface area contributed by atoms with Crippen molar-refractivity contribution in [2.24, 2.45) is 0 Å². The summed E-state index contributed by atoms with van der Waals surface area (Å²) in [5, 5.41) is 0. The van der Waals surface area contributed by atoms with Crippen molar-refractivity contribution in [3.05, 3.63) is 35.9 Å². The zero-order valence-corrected chi connectivity index (χ0v) is 13.6. The lowest BCUT2D eigenvalue weighted by Gasteiger charge is -2.07. The Hall–Kier alpha value is -1.44. The van der Waals surface area contributed by atoms with E-state index in [0.717, 1.165) is 6.42 Å². The number of benzene rings is 1. The molecule has 0 saturated carbocycles. The smallest absolute Gasteiger partial charge is 0.129 e. The van der Waals surface area contributed by atoms with Gasteiger partial charge in [0.1, 0.15) is 14.0 Å². The van der Waals surface area contributed by atoms with Gasteiger partial charge in [0.2, 0.25) is 0 Å². The SMILES string of the molecule is CCCCC#CC(C#C[Si](C)(C)C)c1ccccc1. The van der Waals surface area contributed by atoms with E-state index in [2.05, 4.69) is 74.1 Å². The summed E-state index contributed by atoms with van der Waals surface area (Å²) in [4.78, 5) is 0. The van der Waals surface area contributed by atoms with E-state index in [1.165, 1.54) is 18.4 Å². The van der Waals surface area contributed by atoms with Crippen molar-refractivity contribution >= 4 is 8.07 Å². The molecule has 0 spiro atoms. The van der Waals surface area contributed by atoms with E-state index in [9.17, 15) is 0 Å². The minimum absolute atomic E-state index is 0.0739. The van der Waals surface area contributed by atoms with Gasteiger partial charge in [-0.25, -0.2) is 0 Å². The molecule has 0 heterocycles. The van der Waals surface area contributed by atoms with Gasteiger partial charge >= 0.3 is 0 Å². The van der Waals surface area contributed by atoms with Crippen molar-refractivity contribution in [2.45, 2.75) is 51.7 Å². The van der Waals surface area contributed by atoms with Gasteiger partial charge < -0.3 is 0 Å². The second kappa shape index (κ2) is 7.88. The van der Waals surface area contributed by atoms with Crippen LogP contribution in [0.1, 0.15) is 37.7 Å². The van der Waals surface area contributed by atoms with Gasteiger partial charge in [-0.2, -0.15) is 0 Å². The zero-order chi connectivity index (χ0) is 14.1. The molecule has 0 aliphatic heterocycles. The highest BCUT2D eigenvalue weighted by Crippen LogP contribution is 2.14. The van der Waals surface area contributed by atoms with Gasteiger partial charge in [0, 0.05) is 6.42 Å². The van der Waals surface area contributed by atoms with E-state index in [1.807, 2.05) is 6.07 Å². The largest absolute Gasteiger partial charge is 0.130 e. The number of hydrogen-bond acceptors (Lipinski definition) is 0. The molecule has 0 saturated heterocycles. The Balaban J connectivity index is 2.90. The van der Waals surface area contributed by atoms with Gasteiger partial charge in [-0.15, -0.1) is 11.5 Å². The van der Waals surface area contributed by atoms with Crippen LogP contribution in [0, 0.1) is 23.3 Å². The third kappa shape index (κ3) is 6.90. The van der Waals surface area contributed by atoms with E-state index in [-0.39, 0.29) is 5.92 Å². The first-order valence-corrected chi connectivity index (χ1v) is 10.6. The van der Waals surface area contributed by atoms with Gasteiger partial charge in [0.25, 0.3) is 0 Å². The van der Waals surface area contributed by atoms with E-state index in [4.69, 9.17) is 0 Å². The molecule has 0 N–H and O–H groups in total. The molecule has 1 heteroatoms. The van der Waals surface area contributed by atoms with Crippen LogP contribution in [0.4, 0.5) is 0 Å². The second-order valence-corrected chi connectivity index (χ2v) is 10.5. The Morgan fingerprint density at radius 1 is 1.05 bits per heavy atom. The van der Waals surface area contributed by atoms with Crippen LogP contribution in [0.3, 0.4) is 0 Å². The topological polar surface area (TPSA) is 0 Å². The summed E-state index contributed by atoms with van der Waals surface area (Å²) >= 11 is 0. The molecular formula is C18H24Si. The van der Waals surface area contributed by atoms with Crippen molar-refractivity contribution in [2.75, 3.05) is 0 Å². The molecule has 0 aliphatic rings. The fourth-order valence-corrected chi connectivity index (χ4v) is 2.15. The summed E-state index contributed by atoms with van der Waals surface area (Å²) in [7, 11) is -1.34. The van der Waals surface area contributed by atoms with Crippen LogP contribution in [-0.2, 0) is 0 Å². The quantitative estimate of drug-likeness (QED) is 0.418. The molecule has 1 atom stereocenters. The van der Waals surface area contributed by atoms with Crippen LogP contribution < -0.4 is 0 Å². The van der Waals surface area contributed by atoms with E-state index >= 15 is 0 Å². The van der Waals surface area contributed by atoms with Gasteiger partial charge in [-0.05, 0) is 12.0 Å². The summed E-state index contributed by atoms with van der Waals surface area (Å²) < 4.78 is 0. The average molecular weight is 268 g/mol. The predicted octanol–water partition coefficient (Wildman–Crippen LogP) is 4.84. The van der Waals surface area contributed by atoms with Crippen molar-refractivity contribution in [1.82, 2.24) is 0 Å². The number of unbranched alkanes of at least 4 members (excludes halogenated alkanes) is 2. The fourth-order valence-electron chi connectivity index (χ4n) is 1.58. The lowest BCUT2D eigenvalue weighted by molar-refractivity contribution is 0.827. The molecule has 1 aromatic carbocycles. The summed E-state index contributed by atoms with van der Waals surface area (Å²) in [5.74, 6) is 10.1. The van der Waals surface area contributed by atoms with E-state index in [1.54, 1.807) is 0 Å². The molecule has 1 unspecified atom stereocenters. The van der Waals surface area contributed by atoms with Crippen LogP contribution >= 0.6 is 0 Å². The lowest BCUT2D eigenvalue weighted by Crippen LogP contribution is -2.16. The minimum atomic E-state index is -1.34. The summed E-state index contributed by atoms with van der Waals surface area (Å²) in [6.07, 6.45) is 3.36. The van der Waals surface area contributed by atoms with E-state index in [0.29, 0.717) is 0 Å². The predicted molar refractivity (Wildman–Crippen MR) is 87.6 cm³/mol. The molecule has 19 heavy (non-hydrogen) atoms. The minimum Gasteiger partial charge on any atom is -0.130 e. The summed E-state index contributed by atoms with van der Waals surface area (Å²) in [6, 6.07) is 10.4. The lowest BCUT2D eigenvalue weighted by atomic mass is 10.0. The molecule has 0 nitrogen and oxygen atoms in total. The zero-order valence-electron chi connectivity index (χ0n) is 12.6. The first-order chi connectivity index (χ1) is 9.03. The van der Waals surface area contributed by atoms with Crippen LogP contribution in [-0.4, -0.2) is 8.07 Å². The van der Waals surface area contributed by atoms with E-state index < -0.39 is 8.07 Å². The highest BCUT2D eigenvalue weighted by Gasteiger charge is 2.10. The summed E-state index contributed by atoms with van der Waals surface area (Å²) in [5.41, 5.74) is 4.67. The van der Waals surface area contributed by atoms with Gasteiger partial charge in [-0.1, -0.05) is 75.2 Å². The molecule has 0 aliphatic carbocycles. The maximum atomic E-state index is 3.45. The van der Waals surface area contributed by atoms with Crippen LogP contribution in [0.2, 0.25) is 19.6 Å². The maximum Gasteiger partial charge on any atom is 0.129 e. The molecule has 100 valence electrons. The monoisotopic (exact) mass is 268 g/mol. The maximum absolute atomic E-state index is 3.45. The fraction of sp³-hybridized carbons (Fsp3) is 0.444.